The second-order valence-electron chi connectivity index (χ2n) is 5.91. The van der Waals surface area contributed by atoms with E-state index in [2.05, 4.69) is 10.3 Å². The molecule has 0 amide bonds. The Morgan fingerprint density at radius 2 is 1.45 bits per heavy atom. The van der Waals surface area contributed by atoms with Crippen molar-refractivity contribution in [1.82, 2.24) is 0 Å². The second kappa shape index (κ2) is 9.29. The third-order valence-corrected chi connectivity index (χ3v) is 4.45. The molecule has 2 aromatic rings. The molecule has 0 atom stereocenters. The van der Waals surface area contributed by atoms with Gasteiger partial charge in [0.2, 0.25) is 0 Å². The van der Waals surface area contributed by atoms with E-state index in [-0.39, 0.29) is 12.4 Å². The summed E-state index contributed by atoms with van der Waals surface area (Å²) >= 11 is 5.89. The van der Waals surface area contributed by atoms with Gasteiger partial charge in [0, 0.05) is 29.2 Å². The average Bonchev–Trinajstić information content (AvgIpc) is 2.81. The molecule has 0 spiro atoms. The monoisotopic (exact) mass is 441 g/mol. The molecule has 0 aliphatic heterocycles. The first-order valence-electron chi connectivity index (χ1n) is 8.28. The van der Waals surface area contributed by atoms with Crippen LogP contribution in [0.1, 0.15) is 0 Å². The molecule has 0 bridgehead atoms. The van der Waals surface area contributed by atoms with Crippen LogP contribution >= 0.6 is 11.6 Å². The molecule has 1 N–H and O–H groups in total. The van der Waals surface area contributed by atoms with Crippen LogP contribution in [0, 0.1) is 0 Å². The van der Waals surface area contributed by atoms with E-state index in [1.54, 1.807) is 60.7 Å². The molecular formula is C21H15Cl2F4N2-. The SMILES string of the molecule is FC1(F)C(/C=C\Nc2ccccc2)=C(Cl)C(=C\C=Nc2ccccc2)/C1(F)F.[Cl-]. The van der Waals surface area contributed by atoms with Crippen molar-refractivity contribution in [3.63, 3.8) is 0 Å². The number of hydrogen-bond donors (Lipinski definition) is 1. The van der Waals surface area contributed by atoms with Crippen LogP contribution in [-0.4, -0.2) is 18.1 Å². The zero-order valence-corrected chi connectivity index (χ0v) is 16.3. The zero-order valence-electron chi connectivity index (χ0n) is 14.8. The summed E-state index contributed by atoms with van der Waals surface area (Å²) in [6, 6.07) is 17.2. The third-order valence-electron chi connectivity index (χ3n) is 4.04. The number of benzene rings is 2. The molecule has 0 saturated carbocycles. The van der Waals surface area contributed by atoms with Crippen molar-refractivity contribution < 1.29 is 30.0 Å². The number of aliphatic imine (C=N–C) groups is 1. The Hall–Kier alpha value is -2.57. The Balaban J connectivity index is 0.00000300. The van der Waals surface area contributed by atoms with Crippen molar-refractivity contribution >= 4 is 29.2 Å². The molecule has 2 aromatic carbocycles. The van der Waals surface area contributed by atoms with Gasteiger partial charge in [-0.3, -0.25) is 4.99 Å². The van der Waals surface area contributed by atoms with E-state index >= 15 is 0 Å². The highest BCUT2D eigenvalue weighted by Crippen LogP contribution is 2.55. The highest BCUT2D eigenvalue weighted by molar-refractivity contribution is 6.33. The molecule has 2 nitrogen and oxygen atoms in total. The number of halogens is 6. The van der Waals surface area contributed by atoms with Gasteiger partial charge in [0.1, 0.15) is 0 Å². The average molecular weight is 442 g/mol. The van der Waals surface area contributed by atoms with Crippen LogP contribution in [0.25, 0.3) is 0 Å². The lowest BCUT2D eigenvalue weighted by atomic mass is 10.1. The van der Waals surface area contributed by atoms with E-state index in [1.165, 1.54) is 0 Å². The Labute approximate surface area is 176 Å². The van der Waals surface area contributed by atoms with Crippen molar-refractivity contribution in [2.75, 3.05) is 5.32 Å². The molecule has 0 fully saturated rings. The molecule has 0 heterocycles. The number of para-hydroxylation sites is 2. The van der Waals surface area contributed by atoms with Gasteiger partial charge in [-0.15, -0.1) is 0 Å². The minimum absolute atomic E-state index is 0. The molecule has 0 unspecified atom stereocenters. The fourth-order valence-corrected chi connectivity index (χ4v) is 2.95. The van der Waals surface area contributed by atoms with Crippen molar-refractivity contribution in [2.45, 2.75) is 11.8 Å². The van der Waals surface area contributed by atoms with Crippen LogP contribution in [-0.2, 0) is 0 Å². The fourth-order valence-electron chi connectivity index (χ4n) is 2.58. The van der Waals surface area contributed by atoms with Crippen molar-refractivity contribution in [2.24, 2.45) is 4.99 Å². The lowest BCUT2D eigenvalue weighted by molar-refractivity contribution is -0.149. The molecule has 0 saturated heterocycles. The maximum Gasteiger partial charge on any atom is 0.341 e. The summed E-state index contributed by atoms with van der Waals surface area (Å²) in [5.74, 6) is -8.88. The van der Waals surface area contributed by atoms with Crippen LogP contribution in [0.4, 0.5) is 28.9 Å². The van der Waals surface area contributed by atoms with E-state index in [0.717, 1.165) is 24.6 Å². The highest BCUT2D eigenvalue weighted by Gasteiger charge is 2.66. The van der Waals surface area contributed by atoms with Gasteiger partial charge < -0.3 is 17.7 Å². The van der Waals surface area contributed by atoms with Crippen LogP contribution in [0.15, 0.2) is 100 Å². The number of hydrogen-bond acceptors (Lipinski definition) is 2. The van der Waals surface area contributed by atoms with E-state index in [4.69, 9.17) is 11.6 Å². The molecule has 3 rings (SSSR count). The smallest absolute Gasteiger partial charge is 0.341 e. The largest absolute Gasteiger partial charge is 1.00 e. The molecule has 0 radical (unpaired) electrons. The van der Waals surface area contributed by atoms with Crippen LogP contribution in [0.3, 0.4) is 0 Å². The Morgan fingerprint density at radius 3 is 2.07 bits per heavy atom. The molecule has 8 heteroatoms. The van der Waals surface area contributed by atoms with Gasteiger partial charge in [0.25, 0.3) is 0 Å². The lowest BCUT2D eigenvalue weighted by Crippen LogP contribution is -3.00. The highest BCUT2D eigenvalue weighted by atomic mass is 35.5. The van der Waals surface area contributed by atoms with Gasteiger partial charge >= 0.3 is 11.8 Å². The maximum absolute atomic E-state index is 14.3. The molecular weight excluding hydrogens is 427 g/mol. The van der Waals surface area contributed by atoms with Crippen molar-refractivity contribution in [1.29, 1.82) is 0 Å². The minimum Gasteiger partial charge on any atom is -1.00 e. The van der Waals surface area contributed by atoms with Crippen LogP contribution < -0.4 is 17.7 Å². The predicted molar refractivity (Wildman–Crippen MR) is 105 cm³/mol. The Kier molecular flexibility index (Phi) is 7.27. The Bertz CT molecular complexity index is 953. The molecule has 1 aliphatic carbocycles. The summed E-state index contributed by atoms with van der Waals surface area (Å²) in [4.78, 5) is 3.95. The van der Waals surface area contributed by atoms with Crippen molar-refractivity contribution in [3.05, 3.63) is 95.2 Å². The number of anilines is 1. The first-order chi connectivity index (χ1) is 13.3. The van der Waals surface area contributed by atoms with E-state index in [9.17, 15) is 17.6 Å². The lowest BCUT2D eigenvalue weighted by Gasteiger charge is -2.21. The maximum atomic E-state index is 14.3. The van der Waals surface area contributed by atoms with Gasteiger partial charge in [-0.1, -0.05) is 48.0 Å². The summed E-state index contributed by atoms with van der Waals surface area (Å²) in [5, 5.41) is 2.05. The molecule has 1 aliphatic rings. The normalized spacial score (nSPS) is 19.1. The number of nitrogens with zero attached hydrogens (tertiary/aromatic N) is 1. The standard InChI is InChI=1S/C21H15ClF4N2.ClH/c22-19-17(11-13-27-15-7-3-1-4-8-15)20(23,24)21(25,26)18(19)12-14-28-16-9-5-2-6-10-16;/h1-14,27H;1H/p-1/b13-11-,18-12+,28-14?;. The summed E-state index contributed by atoms with van der Waals surface area (Å²) in [6.07, 6.45) is 3.86. The van der Waals surface area contributed by atoms with Gasteiger partial charge in [0.15, 0.2) is 0 Å². The van der Waals surface area contributed by atoms with E-state index < -0.39 is 28.0 Å². The molecule has 29 heavy (non-hydrogen) atoms. The van der Waals surface area contributed by atoms with Crippen LogP contribution in [0.5, 0.6) is 0 Å². The van der Waals surface area contributed by atoms with Gasteiger partial charge in [-0.25, -0.2) is 0 Å². The first-order valence-corrected chi connectivity index (χ1v) is 8.66. The fraction of sp³-hybridized carbons (Fsp3) is 0.0952. The quantitative estimate of drug-likeness (QED) is 0.554. The summed E-state index contributed by atoms with van der Waals surface area (Å²) in [6.45, 7) is 0. The number of allylic oxidation sites excluding steroid dienone is 5. The molecule has 152 valence electrons. The number of alkyl halides is 4. The topological polar surface area (TPSA) is 24.4 Å². The number of nitrogens with one attached hydrogen (secondary N) is 1. The summed E-state index contributed by atoms with van der Waals surface area (Å²) in [7, 11) is 0. The number of rotatable bonds is 5. The molecule has 0 aromatic heterocycles. The third kappa shape index (κ3) is 4.71. The van der Waals surface area contributed by atoms with E-state index in [0.29, 0.717) is 11.4 Å². The van der Waals surface area contributed by atoms with Crippen molar-refractivity contribution in [3.8, 4) is 0 Å². The second-order valence-corrected chi connectivity index (χ2v) is 6.29. The van der Waals surface area contributed by atoms with Gasteiger partial charge in [-0.05, 0) is 36.4 Å². The van der Waals surface area contributed by atoms with Gasteiger partial charge in [-0.2, -0.15) is 17.6 Å². The first kappa shape index (κ1) is 22.7. The predicted octanol–water partition coefficient (Wildman–Crippen LogP) is 3.72. The summed E-state index contributed by atoms with van der Waals surface area (Å²) in [5.41, 5.74) is -0.811. The minimum atomic E-state index is -4.45. The zero-order chi connectivity index (χ0) is 20.2. The Morgan fingerprint density at radius 1 is 0.862 bits per heavy atom. The summed E-state index contributed by atoms with van der Waals surface area (Å²) < 4.78 is 57.2. The van der Waals surface area contributed by atoms with Gasteiger partial charge in [0.05, 0.1) is 10.7 Å². The van der Waals surface area contributed by atoms with E-state index in [1.807, 2.05) is 0 Å². The van der Waals surface area contributed by atoms with Crippen LogP contribution in [0.2, 0.25) is 0 Å².